The van der Waals surface area contributed by atoms with Crippen LogP contribution >= 0.6 is 0 Å². The topological polar surface area (TPSA) is 45.2 Å². The molecule has 0 bridgehead atoms. The fourth-order valence-electron chi connectivity index (χ4n) is 2.83. The molecule has 3 heterocycles. The van der Waals surface area contributed by atoms with Crippen molar-refractivity contribution in [1.82, 2.24) is 19.9 Å². The van der Waals surface area contributed by atoms with Crippen molar-refractivity contribution in [3.05, 3.63) is 48.7 Å². The van der Waals surface area contributed by atoms with E-state index in [2.05, 4.69) is 43.9 Å². The zero-order valence-corrected chi connectivity index (χ0v) is 12.4. The van der Waals surface area contributed by atoms with Gasteiger partial charge in [-0.2, -0.15) is 0 Å². The van der Waals surface area contributed by atoms with Gasteiger partial charge in [0, 0.05) is 57.2 Å². The largest absolute Gasteiger partial charge is 0.355 e. The zero-order valence-electron chi connectivity index (χ0n) is 12.4. The van der Waals surface area contributed by atoms with Crippen molar-refractivity contribution < 1.29 is 0 Å². The Kier molecular flexibility index (Phi) is 4.40. The summed E-state index contributed by atoms with van der Waals surface area (Å²) in [5.41, 5.74) is 1.17. The maximum Gasteiger partial charge on any atom is 0.131 e. The molecule has 3 rings (SSSR count). The van der Waals surface area contributed by atoms with Gasteiger partial charge in [-0.1, -0.05) is 6.07 Å². The molecular weight excluding hydrogens is 262 g/mol. The Hall–Kier alpha value is -2.01. The summed E-state index contributed by atoms with van der Waals surface area (Å²) >= 11 is 0. The highest BCUT2D eigenvalue weighted by Gasteiger charge is 2.26. The summed E-state index contributed by atoms with van der Waals surface area (Å²) in [6, 6.07) is 8.62. The van der Waals surface area contributed by atoms with Gasteiger partial charge >= 0.3 is 0 Å². The van der Waals surface area contributed by atoms with E-state index < -0.39 is 0 Å². The standard InChI is InChI=1S/C16H21N5/c1-20(16-5-9-17-13-19-16)15-7-11-21(12-15)10-6-14-4-2-3-8-18-14/h2-5,8-9,13,15H,6-7,10-12H2,1H3. The highest BCUT2D eigenvalue weighted by Crippen LogP contribution is 2.19. The lowest BCUT2D eigenvalue weighted by atomic mass is 10.2. The fourth-order valence-corrected chi connectivity index (χ4v) is 2.83. The maximum absolute atomic E-state index is 4.39. The molecule has 0 aliphatic carbocycles. The molecule has 0 amide bonds. The molecule has 1 atom stereocenters. The van der Waals surface area contributed by atoms with Gasteiger partial charge in [-0.25, -0.2) is 9.97 Å². The average Bonchev–Trinajstić information content (AvgIpc) is 3.03. The van der Waals surface area contributed by atoms with Gasteiger partial charge in [0.15, 0.2) is 0 Å². The summed E-state index contributed by atoms with van der Waals surface area (Å²) in [5.74, 6) is 1.00. The van der Waals surface area contributed by atoms with E-state index >= 15 is 0 Å². The molecule has 1 unspecified atom stereocenters. The van der Waals surface area contributed by atoms with Crippen LogP contribution in [0.25, 0.3) is 0 Å². The Labute approximate surface area is 125 Å². The first-order chi connectivity index (χ1) is 10.3. The van der Waals surface area contributed by atoms with Crippen LogP contribution in [-0.4, -0.2) is 52.6 Å². The molecule has 0 saturated carbocycles. The Balaban J connectivity index is 1.51. The van der Waals surface area contributed by atoms with E-state index in [4.69, 9.17) is 0 Å². The Morgan fingerprint density at radius 1 is 1.24 bits per heavy atom. The van der Waals surface area contributed by atoms with Crippen molar-refractivity contribution in [3.63, 3.8) is 0 Å². The third-order valence-electron chi connectivity index (χ3n) is 4.13. The van der Waals surface area contributed by atoms with E-state index in [-0.39, 0.29) is 0 Å². The van der Waals surface area contributed by atoms with Gasteiger partial charge in [-0.15, -0.1) is 0 Å². The molecule has 5 nitrogen and oxygen atoms in total. The van der Waals surface area contributed by atoms with Gasteiger partial charge in [0.25, 0.3) is 0 Å². The van der Waals surface area contributed by atoms with Gasteiger partial charge in [0.2, 0.25) is 0 Å². The van der Waals surface area contributed by atoms with Crippen LogP contribution in [0.2, 0.25) is 0 Å². The molecule has 0 radical (unpaired) electrons. The molecular formula is C16H21N5. The second kappa shape index (κ2) is 6.63. The number of nitrogens with zero attached hydrogens (tertiary/aromatic N) is 5. The van der Waals surface area contributed by atoms with Crippen molar-refractivity contribution in [1.29, 1.82) is 0 Å². The minimum absolute atomic E-state index is 0.531. The molecule has 21 heavy (non-hydrogen) atoms. The minimum Gasteiger partial charge on any atom is -0.355 e. The lowest BCUT2D eigenvalue weighted by Gasteiger charge is -2.25. The second-order valence-electron chi connectivity index (χ2n) is 5.49. The third kappa shape index (κ3) is 3.55. The van der Waals surface area contributed by atoms with Crippen LogP contribution in [0, 0.1) is 0 Å². The quantitative estimate of drug-likeness (QED) is 0.834. The highest BCUT2D eigenvalue weighted by atomic mass is 15.3. The first-order valence-corrected chi connectivity index (χ1v) is 7.44. The van der Waals surface area contributed by atoms with Crippen LogP contribution in [0.15, 0.2) is 43.0 Å². The van der Waals surface area contributed by atoms with Gasteiger partial charge in [-0.3, -0.25) is 4.98 Å². The van der Waals surface area contributed by atoms with Gasteiger partial charge in [0.05, 0.1) is 0 Å². The van der Waals surface area contributed by atoms with Crippen molar-refractivity contribution in [2.24, 2.45) is 0 Å². The van der Waals surface area contributed by atoms with E-state index in [1.807, 2.05) is 18.3 Å². The summed E-state index contributed by atoms with van der Waals surface area (Å²) in [4.78, 5) is 17.5. The van der Waals surface area contributed by atoms with Crippen LogP contribution < -0.4 is 4.90 Å². The number of aromatic nitrogens is 3. The molecule has 1 aliphatic rings. The van der Waals surface area contributed by atoms with Crippen LogP contribution in [-0.2, 0) is 6.42 Å². The molecule has 1 fully saturated rings. The molecule has 2 aromatic rings. The second-order valence-corrected chi connectivity index (χ2v) is 5.49. The Morgan fingerprint density at radius 2 is 2.19 bits per heavy atom. The summed E-state index contributed by atoms with van der Waals surface area (Å²) < 4.78 is 0. The maximum atomic E-state index is 4.39. The zero-order chi connectivity index (χ0) is 14.5. The highest BCUT2D eigenvalue weighted by molar-refractivity contribution is 5.37. The Bertz CT molecular complexity index is 545. The normalized spacial score (nSPS) is 18.8. The van der Waals surface area contributed by atoms with E-state index in [0.29, 0.717) is 6.04 Å². The molecule has 0 aromatic carbocycles. The summed E-state index contributed by atoms with van der Waals surface area (Å²) in [6.45, 7) is 3.31. The number of anilines is 1. The fraction of sp³-hybridized carbons (Fsp3) is 0.438. The van der Waals surface area contributed by atoms with Gasteiger partial charge in [0.1, 0.15) is 12.1 Å². The van der Waals surface area contributed by atoms with Crippen molar-refractivity contribution in [2.45, 2.75) is 18.9 Å². The minimum atomic E-state index is 0.531. The van der Waals surface area contributed by atoms with Gasteiger partial charge < -0.3 is 9.80 Å². The molecule has 0 spiro atoms. The van der Waals surface area contributed by atoms with Crippen LogP contribution in [0.5, 0.6) is 0 Å². The number of hydrogen-bond donors (Lipinski definition) is 0. The van der Waals surface area contributed by atoms with E-state index in [1.54, 1.807) is 12.5 Å². The lowest BCUT2D eigenvalue weighted by molar-refractivity contribution is 0.336. The summed E-state index contributed by atoms with van der Waals surface area (Å²) in [5, 5.41) is 0. The molecule has 5 heteroatoms. The molecule has 1 saturated heterocycles. The average molecular weight is 283 g/mol. The SMILES string of the molecule is CN(c1ccncn1)C1CCN(CCc2ccccn2)C1. The number of likely N-dealkylation sites (N-methyl/N-ethyl adjacent to an activating group) is 1. The molecule has 1 aliphatic heterocycles. The number of hydrogen-bond acceptors (Lipinski definition) is 5. The van der Waals surface area contributed by atoms with Crippen molar-refractivity contribution >= 4 is 5.82 Å². The molecule has 2 aromatic heterocycles. The predicted molar refractivity (Wildman–Crippen MR) is 83.2 cm³/mol. The lowest BCUT2D eigenvalue weighted by Crippen LogP contribution is -2.35. The Morgan fingerprint density at radius 3 is 2.95 bits per heavy atom. The van der Waals surface area contributed by atoms with E-state index in [9.17, 15) is 0 Å². The van der Waals surface area contributed by atoms with Crippen LogP contribution in [0.3, 0.4) is 0 Å². The van der Waals surface area contributed by atoms with Crippen molar-refractivity contribution in [2.75, 3.05) is 31.6 Å². The van der Waals surface area contributed by atoms with Gasteiger partial charge in [-0.05, 0) is 24.6 Å². The van der Waals surface area contributed by atoms with Crippen LogP contribution in [0.4, 0.5) is 5.82 Å². The monoisotopic (exact) mass is 283 g/mol. The summed E-state index contributed by atoms with van der Waals surface area (Å²) in [6.07, 6.45) is 7.48. The van der Waals surface area contributed by atoms with Crippen LogP contribution in [0.1, 0.15) is 12.1 Å². The van der Waals surface area contributed by atoms with E-state index in [1.165, 1.54) is 12.1 Å². The number of rotatable bonds is 5. The predicted octanol–water partition coefficient (Wildman–Crippen LogP) is 1.62. The smallest absolute Gasteiger partial charge is 0.131 e. The third-order valence-corrected chi connectivity index (χ3v) is 4.13. The molecule has 0 N–H and O–H groups in total. The first kappa shape index (κ1) is 13.9. The van der Waals surface area contributed by atoms with E-state index in [0.717, 1.165) is 31.9 Å². The van der Waals surface area contributed by atoms with Crippen molar-refractivity contribution in [3.8, 4) is 0 Å². The molecule has 110 valence electrons. The summed E-state index contributed by atoms with van der Waals surface area (Å²) in [7, 11) is 2.12. The first-order valence-electron chi connectivity index (χ1n) is 7.44. The number of pyridine rings is 1. The number of likely N-dealkylation sites (tertiary alicyclic amines) is 1.